The summed E-state index contributed by atoms with van der Waals surface area (Å²) >= 11 is 0. The van der Waals surface area contributed by atoms with Gasteiger partial charge in [-0.25, -0.2) is 0 Å². The van der Waals surface area contributed by atoms with E-state index in [1.165, 1.54) is 44.3 Å². The lowest BCUT2D eigenvalue weighted by Gasteiger charge is -2.56. The van der Waals surface area contributed by atoms with E-state index >= 15 is 0 Å². The van der Waals surface area contributed by atoms with E-state index in [1.807, 2.05) is 0 Å². The van der Waals surface area contributed by atoms with Crippen molar-refractivity contribution in [2.75, 3.05) is 0 Å². The van der Waals surface area contributed by atoms with Crippen molar-refractivity contribution in [1.29, 1.82) is 0 Å². The molecule has 110 valence electrons. The Morgan fingerprint density at radius 2 is 1.70 bits per heavy atom. The molecule has 1 heterocycles. The maximum absolute atomic E-state index is 9.52. The summed E-state index contributed by atoms with van der Waals surface area (Å²) in [5.41, 5.74) is 0.282. The minimum Gasteiger partial charge on any atom is -0.388 e. The number of hydrogen-bond donors (Lipinski definition) is 1. The van der Waals surface area contributed by atoms with Crippen LogP contribution < -0.4 is 0 Å². The summed E-state index contributed by atoms with van der Waals surface area (Å²) in [5.74, 6) is 4.72. The molecule has 20 heavy (non-hydrogen) atoms. The van der Waals surface area contributed by atoms with Crippen molar-refractivity contribution in [3.63, 3.8) is 0 Å². The van der Waals surface area contributed by atoms with Gasteiger partial charge in [-0.3, -0.25) is 0 Å². The van der Waals surface area contributed by atoms with Crippen LogP contribution in [0, 0.1) is 17.8 Å². The third-order valence-electron chi connectivity index (χ3n) is 5.93. The van der Waals surface area contributed by atoms with Crippen LogP contribution in [0.25, 0.3) is 0 Å². The van der Waals surface area contributed by atoms with Gasteiger partial charge < -0.3 is 9.67 Å². The molecular weight excluding hydrogens is 250 g/mol. The molecule has 0 amide bonds. The molecule has 4 fully saturated rings. The average molecular weight is 275 g/mol. The lowest BCUT2D eigenvalue weighted by atomic mass is 9.49. The fourth-order valence-electron chi connectivity index (χ4n) is 5.69. The van der Waals surface area contributed by atoms with Crippen LogP contribution in [0.4, 0.5) is 0 Å². The van der Waals surface area contributed by atoms with Gasteiger partial charge in [0.2, 0.25) is 0 Å². The van der Waals surface area contributed by atoms with E-state index in [0.717, 1.165) is 36.5 Å². The lowest BCUT2D eigenvalue weighted by Crippen LogP contribution is -2.49. The van der Waals surface area contributed by atoms with Gasteiger partial charge in [0.1, 0.15) is 12.4 Å². The van der Waals surface area contributed by atoms with Gasteiger partial charge in [0.25, 0.3) is 0 Å². The van der Waals surface area contributed by atoms with E-state index in [2.05, 4.69) is 21.7 Å². The molecule has 0 atom stereocenters. The zero-order valence-corrected chi connectivity index (χ0v) is 12.4. The lowest BCUT2D eigenvalue weighted by molar-refractivity contribution is -0.0113. The average Bonchev–Trinajstić information content (AvgIpc) is 2.81. The standard InChI is InChI=1S/C16H25N3O/c1-2-3-19-14(10-20)17-18-15(19)16-7-11-4-12(8-16)6-13(5-11)9-16/h11-13,20H,2-10H2,1H3. The molecule has 0 unspecified atom stereocenters. The molecule has 0 spiro atoms. The highest BCUT2D eigenvalue weighted by molar-refractivity contribution is 5.18. The van der Waals surface area contributed by atoms with Gasteiger partial charge in [0, 0.05) is 12.0 Å². The molecule has 1 aromatic rings. The Labute approximate surface area is 120 Å². The second-order valence-corrected chi connectivity index (χ2v) is 7.45. The molecule has 0 aliphatic heterocycles. The zero-order valence-electron chi connectivity index (χ0n) is 12.4. The molecule has 4 saturated carbocycles. The largest absolute Gasteiger partial charge is 0.388 e. The number of aromatic nitrogens is 3. The molecule has 1 N–H and O–H groups in total. The highest BCUT2D eigenvalue weighted by Gasteiger charge is 2.53. The normalized spacial score (nSPS) is 38.6. The minimum atomic E-state index is 0.0133. The minimum absolute atomic E-state index is 0.0133. The molecule has 0 aromatic carbocycles. The van der Waals surface area contributed by atoms with Crippen LogP contribution in [0.3, 0.4) is 0 Å². The van der Waals surface area contributed by atoms with Gasteiger partial charge in [0.15, 0.2) is 5.82 Å². The molecule has 0 saturated heterocycles. The predicted molar refractivity (Wildman–Crippen MR) is 76.1 cm³/mol. The quantitative estimate of drug-likeness (QED) is 0.919. The highest BCUT2D eigenvalue weighted by atomic mass is 16.3. The van der Waals surface area contributed by atoms with E-state index in [-0.39, 0.29) is 12.0 Å². The Morgan fingerprint density at radius 3 is 2.20 bits per heavy atom. The number of nitrogens with zero attached hydrogens (tertiary/aromatic N) is 3. The Balaban J connectivity index is 1.75. The van der Waals surface area contributed by atoms with Crippen LogP contribution in [0.5, 0.6) is 0 Å². The molecule has 4 aliphatic carbocycles. The molecule has 4 bridgehead atoms. The zero-order chi connectivity index (χ0) is 13.7. The van der Waals surface area contributed by atoms with Crippen molar-refractivity contribution in [3.8, 4) is 0 Å². The van der Waals surface area contributed by atoms with E-state index in [4.69, 9.17) is 0 Å². The smallest absolute Gasteiger partial charge is 0.158 e. The van der Waals surface area contributed by atoms with Gasteiger partial charge in [-0.1, -0.05) is 6.92 Å². The first-order valence-corrected chi connectivity index (χ1v) is 8.27. The van der Waals surface area contributed by atoms with Gasteiger partial charge >= 0.3 is 0 Å². The van der Waals surface area contributed by atoms with Crippen LogP contribution in [-0.2, 0) is 18.6 Å². The van der Waals surface area contributed by atoms with E-state index in [0.29, 0.717) is 0 Å². The molecule has 1 aromatic heterocycles. The molecule has 4 nitrogen and oxygen atoms in total. The number of aliphatic hydroxyl groups is 1. The third kappa shape index (κ3) is 1.77. The molecule has 5 rings (SSSR count). The van der Waals surface area contributed by atoms with Crippen molar-refractivity contribution < 1.29 is 5.11 Å². The first-order valence-electron chi connectivity index (χ1n) is 8.27. The van der Waals surface area contributed by atoms with Crippen molar-refractivity contribution in [2.45, 2.75) is 70.4 Å². The van der Waals surface area contributed by atoms with Crippen LogP contribution >= 0.6 is 0 Å². The second-order valence-electron chi connectivity index (χ2n) is 7.45. The van der Waals surface area contributed by atoms with Gasteiger partial charge in [-0.2, -0.15) is 0 Å². The molecular formula is C16H25N3O. The molecule has 4 heteroatoms. The van der Waals surface area contributed by atoms with Crippen molar-refractivity contribution in [3.05, 3.63) is 11.6 Å². The van der Waals surface area contributed by atoms with Crippen LogP contribution in [-0.4, -0.2) is 19.9 Å². The maximum atomic E-state index is 9.52. The molecule has 0 radical (unpaired) electrons. The summed E-state index contributed by atoms with van der Waals surface area (Å²) in [6.45, 7) is 3.14. The van der Waals surface area contributed by atoms with Crippen LogP contribution in [0.1, 0.15) is 63.5 Å². The van der Waals surface area contributed by atoms with E-state index in [9.17, 15) is 5.11 Å². The van der Waals surface area contributed by atoms with Crippen LogP contribution in [0.2, 0.25) is 0 Å². The van der Waals surface area contributed by atoms with Gasteiger partial charge in [-0.15, -0.1) is 10.2 Å². The Morgan fingerprint density at radius 1 is 1.10 bits per heavy atom. The molecule has 4 aliphatic rings. The van der Waals surface area contributed by atoms with Gasteiger partial charge in [-0.05, 0) is 62.7 Å². The summed E-state index contributed by atoms with van der Waals surface area (Å²) in [6.07, 6.45) is 9.37. The summed E-state index contributed by atoms with van der Waals surface area (Å²) in [4.78, 5) is 0. The first kappa shape index (κ1) is 12.8. The maximum Gasteiger partial charge on any atom is 0.158 e. The number of hydrogen-bond acceptors (Lipinski definition) is 3. The Hall–Kier alpha value is -0.900. The van der Waals surface area contributed by atoms with Crippen molar-refractivity contribution in [1.82, 2.24) is 14.8 Å². The number of rotatable bonds is 4. The predicted octanol–water partition coefficient (Wildman–Crippen LogP) is 2.65. The highest BCUT2D eigenvalue weighted by Crippen LogP contribution is 2.60. The summed E-state index contributed by atoms with van der Waals surface area (Å²) in [5, 5.41) is 18.3. The van der Waals surface area contributed by atoms with E-state index < -0.39 is 0 Å². The summed E-state index contributed by atoms with van der Waals surface area (Å²) in [7, 11) is 0. The topological polar surface area (TPSA) is 50.9 Å². The van der Waals surface area contributed by atoms with Gasteiger partial charge in [0.05, 0.1) is 0 Å². The van der Waals surface area contributed by atoms with Crippen molar-refractivity contribution >= 4 is 0 Å². The SMILES string of the molecule is CCCn1c(CO)nnc1C12CC3CC(CC(C3)C1)C2. The summed E-state index contributed by atoms with van der Waals surface area (Å²) in [6, 6.07) is 0. The Kier molecular flexibility index (Phi) is 2.92. The Bertz CT molecular complexity index is 473. The monoisotopic (exact) mass is 275 g/mol. The summed E-state index contributed by atoms with van der Waals surface area (Å²) < 4.78 is 2.23. The third-order valence-corrected chi connectivity index (χ3v) is 5.93. The van der Waals surface area contributed by atoms with Crippen molar-refractivity contribution in [2.24, 2.45) is 17.8 Å². The fourth-order valence-corrected chi connectivity index (χ4v) is 5.69. The van der Waals surface area contributed by atoms with E-state index in [1.54, 1.807) is 0 Å². The fraction of sp³-hybridized carbons (Fsp3) is 0.875. The van der Waals surface area contributed by atoms with Crippen LogP contribution in [0.15, 0.2) is 0 Å². The number of aliphatic hydroxyl groups excluding tert-OH is 1. The second kappa shape index (κ2) is 4.55. The first-order chi connectivity index (χ1) is 9.74.